The summed E-state index contributed by atoms with van der Waals surface area (Å²) in [6, 6.07) is 10.9. The van der Waals surface area contributed by atoms with Crippen molar-refractivity contribution in [3.05, 3.63) is 69.9 Å². The maximum atomic E-state index is 13.0. The van der Waals surface area contributed by atoms with Crippen molar-refractivity contribution in [1.29, 1.82) is 0 Å². The molecular weight excluding hydrogens is 450 g/mol. The van der Waals surface area contributed by atoms with Gasteiger partial charge in [0.2, 0.25) is 11.2 Å². The van der Waals surface area contributed by atoms with E-state index in [-0.39, 0.29) is 40.3 Å². The van der Waals surface area contributed by atoms with Crippen LogP contribution in [-0.2, 0) is 14.6 Å². The summed E-state index contributed by atoms with van der Waals surface area (Å²) >= 11 is 0. The third-order valence-electron chi connectivity index (χ3n) is 4.91. The summed E-state index contributed by atoms with van der Waals surface area (Å²) in [6.07, 6.45) is 1.42. The van der Waals surface area contributed by atoms with Gasteiger partial charge in [-0.15, -0.1) is 0 Å². The molecule has 1 aromatic heterocycles. The lowest BCUT2D eigenvalue weighted by Gasteiger charge is -2.13. The normalized spacial score (nSPS) is 16.5. The minimum atomic E-state index is -3.26. The van der Waals surface area contributed by atoms with Crippen molar-refractivity contribution < 1.29 is 31.8 Å². The summed E-state index contributed by atoms with van der Waals surface area (Å²) in [5.74, 6) is 0.836. The molecule has 0 aliphatic carbocycles. The van der Waals surface area contributed by atoms with Crippen LogP contribution in [0, 0.1) is 6.92 Å². The molecule has 3 aromatic rings. The van der Waals surface area contributed by atoms with Gasteiger partial charge in [-0.05, 0) is 37.3 Å². The Morgan fingerprint density at radius 2 is 1.94 bits per heavy atom. The smallest absolute Gasteiger partial charge is 0.258 e. The average Bonchev–Trinajstić information content (AvgIpc) is 3.13. The zero-order valence-corrected chi connectivity index (χ0v) is 18.7. The molecule has 1 aliphatic heterocycles. The third kappa shape index (κ3) is 5.01. The summed E-state index contributed by atoms with van der Waals surface area (Å²) in [5.41, 5.74) is -0.0919. The number of hydrogen-bond donors (Lipinski definition) is 1. The molecule has 0 spiro atoms. The van der Waals surface area contributed by atoms with Gasteiger partial charge in [-0.3, -0.25) is 9.59 Å². The second-order valence-electron chi connectivity index (χ2n) is 7.35. The second-order valence-corrected chi connectivity index (χ2v) is 9.28. The molecule has 0 fully saturated rings. The zero-order chi connectivity index (χ0) is 23.6. The number of ether oxygens (including phenoxy) is 3. The largest absolute Gasteiger partial charge is 0.493 e. The topological polar surface area (TPSA) is 121 Å². The molecule has 1 aliphatic rings. The van der Waals surface area contributed by atoms with Gasteiger partial charge in [-0.25, -0.2) is 8.42 Å². The monoisotopic (exact) mass is 471 g/mol. The Balaban J connectivity index is 1.49. The van der Waals surface area contributed by atoms with Crippen molar-refractivity contribution in [2.75, 3.05) is 19.5 Å². The molecule has 4 rings (SSSR count). The van der Waals surface area contributed by atoms with Crippen molar-refractivity contribution >= 4 is 26.7 Å². The Morgan fingerprint density at radius 1 is 1.18 bits per heavy atom. The van der Waals surface area contributed by atoms with E-state index < -0.39 is 21.8 Å². The average molecular weight is 471 g/mol. The van der Waals surface area contributed by atoms with E-state index in [0.717, 1.165) is 5.41 Å². The van der Waals surface area contributed by atoms with Crippen LogP contribution in [0.25, 0.3) is 11.0 Å². The molecule has 33 heavy (non-hydrogen) atoms. The van der Waals surface area contributed by atoms with Crippen molar-refractivity contribution in [2.24, 2.45) is 0 Å². The number of nitrogens with one attached hydrogen (secondary N) is 1. The summed E-state index contributed by atoms with van der Waals surface area (Å²) < 4.78 is 45.1. The highest BCUT2D eigenvalue weighted by atomic mass is 32.2. The maximum Gasteiger partial charge on any atom is 0.258 e. The summed E-state index contributed by atoms with van der Waals surface area (Å²) in [5, 5.41) is 3.93. The van der Waals surface area contributed by atoms with E-state index in [1.807, 2.05) is 0 Å². The van der Waals surface area contributed by atoms with Gasteiger partial charge in [0.1, 0.15) is 17.1 Å². The predicted octanol–water partition coefficient (Wildman–Crippen LogP) is 2.71. The van der Waals surface area contributed by atoms with E-state index >= 15 is 0 Å². The van der Waals surface area contributed by atoms with Crippen LogP contribution in [0.3, 0.4) is 0 Å². The van der Waals surface area contributed by atoms with Crippen LogP contribution < -0.4 is 25.0 Å². The van der Waals surface area contributed by atoms with Gasteiger partial charge in [0, 0.05) is 11.5 Å². The Morgan fingerprint density at radius 3 is 2.64 bits per heavy atom. The molecule has 172 valence electrons. The number of fused-ring (bicyclic) bond motifs is 1. The number of hydrogen-bond acceptors (Lipinski definition) is 8. The molecule has 2 aromatic carbocycles. The van der Waals surface area contributed by atoms with Crippen LogP contribution in [0.15, 0.2) is 63.2 Å². The van der Waals surface area contributed by atoms with Crippen LogP contribution in [-0.4, -0.2) is 39.8 Å². The fraction of sp³-hybridized carbons (Fsp3) is 0.217. The number of benzene rings is 2. The van der Waals surface area contributed by atoms with E-state index in [1.165, 1.54) is 31.4 Å². The fourth-order valence-electron chi connectivity index (χ4n) is 3.35. The molecule has 0 saturated carbocycles. The van der Waals surface area contributed by atoms with E-state index in [0.29, 0.717) is 17.2 Å². The maximum absolute atomic E-state index is 13.0. The number of rotatable bonds is 7. The molecule has 0 radical (unpaired) electrons. The molecule has 1 unspecified atom stereocenters. The zero-order valence-electron chi connectivity index (χ0n) is 17.9. The summed E-state index contributed by atoms with van der Waals surface area (Å²) in [7, 11) is -1.76. The molecule has 0 saturated heterocycles. The van der Waals surface area contributed by atoms with Crippen LogP contribution >= 0.6 is 0 Å². The molecule has 10 heteroatoms. The first-order chi connectivity index (χ1) is 15.8. The Kier molecular flexibility index (Phi) is 6.10. The Hall–Kier alpha value is -3.79. The number of aryl methyl sites for hydroxylation is 1. The Labute approximate surface area is 189 Å². The fourth-order valence-corrected chi connectivity index (χ4v) is 4.59. The van der Waals surface area contributed by atoms with Crippen molar-refractivity contribution in [2.45, 2.75) is 13.0 Å². The molecule has 0 bridgehead atoms. The third-order valence-corrected chi connectivity index (χ3v) is 6.31. The lowest BCUT2D eigenvalue weighted by Crippen LogP contribution is -2.38. The molecule has 1 N–H and O–H groups in total. The quantitative estimate of drug-likeness (QED) is 0.558. The van der Waals surface area contributed by atoms with E-state index in [2.05, 4.69) is 5.32 Å². The minimum Gasteiger partial charge on any atom is -0.493 e. The van der Waals surface area contributed by atoms with Gasteiger partial charge < -0.3 is 23.9 Å². The highest BCUT2D eigenvalue weighted by molar-refractivity contribution is 7.94. The first-order valence-electron chi connectivity index (χ1n) is 9.97. The van der Waals surface area contributed by atoms with Gasteiger partial charge in [0.25, 0.3) is 5.91 Å². The van der Waals surface area contributed by atoms with Crippen LogP contribution in [0.4, 0.5) is 0 Å². The lowest BCUT2D eigenvalue weighted by atomic mass is 10.2. The highest BCUT2D eigenvalue weighted by Gasteiger charge is 2.23. The van der Waals surface area contributed by atoms with Crippen molar-refractivity contribution in [3.63, 3.8) is 0 Å². The Bertz CT molecular complexity index is 1410. The molecule has 9 nitrogen and oxygen atoms in total. The molecule has 1 amide bonds. The molecule has 2 heterocycles. The minimum absolute atomic E-state index is 0.0413. The molecule has 1 atom stereocenters. The number of sulfone groups is 1. The van der Waals surface area contributed by atoms with Gasteiger partial charge in [0.15, 0.2) is 27.9 Å². The summed E-state index contributed by atoms with van der Waals surface area (Å²) in [4.78, 5) is 25.1. The van der Waals surface area contributed by atoms with Gasteiger partial charge in [0.05, 0.1) is 24.3 Å². The SMILES string of the molecule is COc1ccccc1Oc1c(C)oc2cc(OCC(=O)NC3C=CS(=O)(=O)C3)ccc2c1=O. The van der Waals surface area contributed by atoms with Crippen molar-refractivity contribution in [3.8, 4) is 23.0 Å². The highest BCUT2D eigenvalue weighted by Crippen LogP contribution is 2.32. The van der Waals surface area contributed by atoms with Crippen molar-refractivity contribution in [1.82, 2.24) is 5.32 Å². The molecular formula is C23H21NO8S. The predicted molar refractivity (Wildman–Crippen MR) is 121 cm³/mol. The van der Waals surface area contributed by atoms with Crippen LogP contribution in [0.2, 0.25) is 0 Å². The standard InChI is InChI=1S/C23H21NO8S/c1-14-23(32-19-6-4-3-5-18(19)29-2)22(26)17-8-7-16(11-20(17)31-14)30-12-21(25)24-15-9-10-33(27,28)13-15/h3-11,15H,12-13H2,1-2H3,(H,24,25). The number of carbonyl (C=O) groups excluding carboxylic acids is 1. The summed E-state index contributed by atoms with van der Waals surface area (Å²) in [6.45, 7) is 1.28. The van der Waals surface area contributed by atoms with E-state index in [9.17, 15) is 18.0 Å². The second kappa shape index (κ2) is 8.99. The van der Waals surface area contributed by atoms with Crippen LogP contribution in [0.5, 0.6) is 23.0 Å². The van der Waals surface area contributed by atoms with Gasteiger partial charge in [-0.1, -0.05) is 12.1 Å². The number of methoxy groups -OCH3 is 1. The number of carbonyl (C=O) groups is 1. The van der Waals surface area contributed by atoms with E-state index in [1.54, 1.807) is 31.2 Å². The number of amides is 1. The first kappa shape index (κ1) is 22.4. The lowest BCUT2D eigenvalue weighted by molar-refractivity contribution is -0.123. The number of para-hydroxylation sites is 2. The van der Waals surface area contributed by atoms with Gasteiger partial charge >= 0.3 is 0 Å². The van der Waals surface area contributed by atoms with Crippen LogP contribution in [0.1, 0.15) is 5.76 Å². The first-order valence-corrected chi connectivity index (χ1v) is 11.7. The van der Waals surface area contributed by atoms with Gasteiger partial charge in [-0.2, -0.15) is 0 Å². The van der Waals surface area contributed by atoms with E-state index in [4.69, 9.17) is 18.6 Å².